The van der Waals surface area contributed by atoms with Gasteiger partial charge in [0, 0.05) is 20.0 Å². The lowest BCUT2D eigenvalue weighted by Gasteiger charge is -2.31. The van der Waals surface area contributed by atoms with Gasteiger partial charge in [0.2, 0.25) is 17.7 Å². The number of alkyl carbamates (subject to hydrolysis) is 1. The van der Waals surface area contributed by atoms with Gasteiger partial charge in [-0.3, -0.25) is 14.4 Å². The highest BCUT2D eigenvalue weighted by Crippen LogP contribution is 2.25. The van der Waals surface area contributed by atoms with Gasteiger partial charge in [-0.05, 0) is 50.5 Å². The molecular weight excluding hydrogens is 464 g/mol. The van der Waals surface area contributed by atoms with Gasteiger partial charge in [-0.25, -0.2) is 4.79 Å². The van der Waals surface area contributed by atoms with Crippen molar-refractivity contribution in [1.82, 2.24) is 15.5 Å². The average Bonchev–Trinajstić information content (AvgIpc) is 2.79. The van der Waals surface area contributed by atoms with E-state index in [4.69, 9.17) is 10.5 Å². The number of rotatable bonds is 10. The molecule has 0 radical (unpaired) electrons. The number of amides is 4. The van der Waals surface area contributed by atoms with Crippen LogP contribution in [0.2, 0.25) is 0 Å². The minimum Gasteiger partial charge on any atom is -0.508 e. The molecule has 2 aromatic carbocycles. The lowest BCUT2D eigenvalue weighted by atomic mass is 10.0. The number of benzene rings is 2. The van der Waals surface area contributed by atoms with Crippen LogP contribution in [0.15, 0.2) is 54.6 Å². The lowest BCUT2D eigenvalue weighted by molar-refractivity contribution is -0.141. The molecule has 0 aliphatic heterocycles. The monoisotopic (exact) mass is 498 g/mol. The van der Waals surface area contributed by atoms with Crippen molar-refractivity contribution < 1.29 is 29.0 Å². The second-order valence-corrected chi connectivity index (χ2v) is 9.35. The summed E-state index contributed by atoms with van der Waals surface area (Å²) < 4.78 is 5.25. The fourth-order valence-electron chi connectivity index (χ4n) is 3.49. The molecule has 0 saturated heterocycles. The maximum atomic E-state index is 13.5. The highest BCUT2D eigenvalue weighted by molar-refractivity contribution is 5.92. The number of nitrogens with zero attached hydrogens (tertiary/aromatic N) is 1. The number of primary amides is 1. The maximum absolute atomic E-state index is 13.5. The van der Waals surface area contributed by atoms with Crippen LogP contribution < -0.4 is 16.4 Å². The number of phenolic OH excluding ortho intramolecular Hbond substituents is 1. The highest BCUT2D eigenvalue weighted by Gasteiger charge is 2.34. The summed E-state index contributed by atoms with van der Waals surface area (Å²) in [6.45, 7) is 5.24. The van der Waals surface area contributed by atoms with Crippen LogP contribution in [0.5, 0.6) is 5.75 Å². The molecule has 0 heterocycles. The van der Waals surface area contributed by atoms with Crippen LogP contribution in [0.25, 0.3) is 0 Å². The summed E-state index contributed by atoms with van der Waals surface area (Å²) in [5, 5.41) is 15.3. The summed E-state index contributed by atoms with van der Waals surface area (Å²) in [5.41, 5.74) is 5.67. The van der Waals surface area contributed by atoms with Crippen LogP contribution in [-0.4, -0.2) is 52.5 Å². The van der Waals surface area contributed by atoms with Crippen molar-refractivity contribution in [3.8, 4) is 5.75 Å². The predicted octanol–water partition coefficient (Wildman–Crippen LogP) is 2.37. The molecule has 10 nitrogen and oxygen atoms in total. The minimum atomic E-state index is -1.18. The number of likely N-dealkylation sites (N-methyl/N-ethyl adjacent to an activating group) is 1. The van der Waals surface area contributed by atoms with E-state index in [1.165, 1.54) is 19.2 Å². The van der Waals surface area contributed by atoms with Gasteiger partial charge in [-0.1, -0.05) is 42.5 Å². The molecular formula is C26H34N4O6. The van der Waals surface area contributed by atoms with E-state index in [2.05, 4.69) is 10.6 Å². The van der Waals surface area contributed by atoms with Gasteiger partial charge >= 0.3 is 6.09 Å². The Labute approximate surface area is 210 Å². The van der Waals surface area contributed by atoms with E-state index in [0.717, 1.165) is 10.5 Å². The van der Waals surface area contributed by atoms with Crippen LogP contribution in [0.1, 0.15) is 50.8 Å². The molecule has 5 N–H and O–H groups in total. The number of phenols is 1. The molecule has 0 saturated carbocycles. The topological polar surface area (TPSA) is 151 Å². The van der Waals surface area contributed by atoms with Gasteiger partial charge in [-0.15, -0.1) is 0 Å². The smallest absolute Gasteiger partial charge is 0.408 e. The van der Waals surface area contributed by atoms with Gasteiger partial charge < -0.3 is 31.1 Å². The molecule has 10 heteroatoms. The van der Waals surface area contributed by atoms with Crippen LogP contribution >= 0.6 is 0 Å². The SMILES string of the molecule is CN(C(=O)C(CCC(N)=O)NC(=O)OC(C)(C)C)C(C(=O)NCc1ccccc1)c1cccc(O)c1. The van der Waals surface area contributed by atoms with E-state index >= 15 is 0 Å². The normalized spacial score (nSPS) is 12.7. The molecule has 0 aliphatic carbocycles. The van der Waals surface area contributed by atoms with Crippen LogP contribution in [-0.2, 0) is 25.7 Å². The van der Waals surface area contributed by atoms with Gasteiger partial charge in [0.05, 0.1) is 0 Å². The third kappa shape index (κ3) is 8.94. The Morgan fingerprint density at radius 3 is 2.31 bits per heavy atom. The van der Waals surface area contributed by atoms with Gasteiger partial charge in [0.25, 0.3) is 0 Å². The van der Waals surface area contributed by atoms with Crippen molar-refractivity contribution in [3.63, 3.8) is 0 Å². The molecule has 2 unspecified atom stereocenters. The number of nitrogens with one attached hydrogen (secondary N) is 2. The number of hydrogen-bond acceptors (Lipinski definition) is 6. The standard InChI is InChI=1S/C26H34N4O6/c1-26(2,3)36-25(35)29-20(13-14-21(27)32)24(34)30(4)22(18-11-8-12-19(31)15-18)23(33)28-16-17-9-6-5-7-10-17/h5-12,15,20,22,31H,13-14,16H2,1-4H3,(H2,27,32)(H,28,33)(H,29,35). The first-order valence-electron chi connectivity index (χ1n) is 11.5. The average molecular weight is 499 g/mol. The third-order valence-electron chi connectivity index (χ3n) is 5.15. The summed E-state index contributed by atoms with van der Waals surface area (Å²) in [7, 11) is 1.41. The summed E-state index contributed by atoms with van der Waals surface area (Å²) in [6, 6.07) is 12.9. The van der Waals surface area contributed by atoms with Crippen LogP contribution in [0.3, 0.4) is 0 Å². The Kier molecular flexibility index (Phi) is 9.83. The molecule has 0 aromatic heterocycles. The van der Waals surface area contributed by atoms with E-state index in [0.29, 0.717) is 5.56 Å². The second-order valence-electron chi connectivity index (χ2n) is 9.35. The first-order valence-corrected chi connectivity index (χ1v) is 11.5. The van der Waals surface area contributed by atoms with Gasteiger partial charge in [0.1, 0.15) is 23.4 Å². The summed E-state index contributed by atoms with van der Waals surface area (Å²) in [4.78, 5) is 51.7. The van der Waals surface area contributed by atoms with Crippen molar-refractivity contribution in [2.75, 3.05) is 7.05 Å². The summed E-state index contributed by atoms with van der Waals surface area (Å²) in [6.07, 6.45) is -1.10. The molecule has 2 rings (SSSR count). The van der Waals surface area contributed by atoms with Crippen molar-refractivity contribution in [2.24, 2.45) is 5.73 Å². The molecule has 0 aliphatic rings. The molecule has 4 amide bonds. The zero-order valence-corrected chi connectivity index (χ0v) is 21.0. The molecule has 36 heavy (non-hydrogen) atoms. The Morgan fingerprint density at radius 1 is 1.06 bits per heavy atom. The molecule has 2 atom stereocenters. The fraction of sp³-hybridized carbons (Fsp3) is 0.385. The first kappa shape index (κ1) is 28.2. The van der Waals surface area contributed by atoms with E-state index in [1.54, 1.807) is 32.9 Å². The van der Waals surface area contributed by atoms with E-state index in [-0.39, 0.29) is 25.1 Å². The number of aromatic hydroxyl groups is 1. The number of carbonyl (C=O) groups is 4. The Hall–Kier alpha value is -4.08. The van der Waals surface area contributed by atoms with Crippen molar-refractivity contribution in [2.45, 2.75) is 57.8 Å². The quantitative estimate of drug-likeness (QED) is 0.395. The van der Waals surface area contributed by atoms with Crippen LogP contribution in [0, 0.1) is 0 Å². The zero-order valence-electron chi connectivity index (χ0n) is 21.0. The molecule has 194 valence electrons. The van der Waals surface area contributed by atoms with Crippen molar-refractivity contribution >= 4 is 23.8 Å². The minimum absolute atomic E-state index is 0.0774. The van der Waals surface area contributed by atoms with Gasteiger partial charge in [0.15, 0.2) is 0 Å². The summed E-state index contributed by atoms with van der Waals surface area (Å²) in [5.74, 6) is -1.85. The molecule has 2 aromatic rings. The number of nitrogens with two attached hydrogens (primary N) is 1. The van der Waals surface area contributed by atoms with Crippen molar-refractivity contribution in [3.05, 3.63) is 65.7 Å². The largest absolute Gasteiger partial charge is 0.508 e. The van der Waals surface area contributed by atoms with E-state index in [1.807, 2.05) is 30.3 Å². The molecule has 0 fully saturated rings. The first-order chi connectivity index (χ1) is 16.9. The Bertz CT molecular complexity index is 1070. The zero-order chi connectivity index (χ0) is 26.9. The molecule has 0 bridgehead atoms. The second kappa shape index (κ2) is 12.6. The van der Waals surface area contributed by atoms with E-state index < -0.39 is 41.5 Å². The fourth-order valence-corrected chi connectivity index (χ4v) is 3.49. The Balaban J connectivity index is 2.31. The predicted molar refractivity (Wildman–Crippen MR) is 133 cm³/mol. The highest BCUT2D eigenvalue weighted by atomic mass is 16.6. The number of hydrogen-bond donors (Lipinski definition) is 4. The number of ether oxygens (including phenoxy) is 1. The van der Waals surface area contributed by atoms with E-state index in [9.17, 15) is 24.3 Å². The maximum Gasteiger partial charge on any atom is 0.408 e. The van der Waals surface area contributed by atoms with Crippen molar-refractivity contribution in [1.29, 1.82) is 0 Å². The van der Waals surface area contributed by atoms with Crippen LogP contribution in [0.4, 0.5) is 4.79 Å². The molecule has 0 spiro atoms. The number of carbonyl (C=O) groups excluding carboxylic acids is 4. The third-order valence-corrected chi connectivity index (χ3v) is 5.15. The van der Waals surface area contributed by atoms with Gasteiger partial charge in [-0.2, -0.15) is 0 Å². The Morgan fingerprint density at radius 2 is 1.72 bits per heavy atom. The lowest BCUT2D eigenvalue weighted by Crippen LogP contribution is -2.51. The summed E-state index contributed by atoms with van der Waals surface area (Å²) >= 11 is 0.